The third-order valence-corrected chi connectivity index (χ3v) is 5.11. The highest BCUT2D eigenvalue weighted by Gasteiger charge is 2.19. The zero-order chi connectivity index (χ0) is 19.4. The van der Waals surface area contributed by atoms with Gasteiger partial charge in [0.25, 0.3) is 10.0 Å². The first kappa shape index (κ1) is 18.7. The maximum Gasteiger partial charge on any atom is 0.420 e. The second-order valence-electron chi connectivity index (χ2n) is 5.78. The van der Waals surface area contributed by atoms with Crippen LogP contribution in [-0.4, -0.2) is 25.6 Å². The normalized spacial score (nSPS) is 11.4. The summed E-state index contributed by atoms with van der Waals surface area (Å²) in [4.78, 5) is 23.7. The molecule has 142 valence electrons. The van der Waals surface area contributed by atoms with Crippen molar-refractivity contribution in [3.8, 4) is 0 Å². The van der Waals surface area contributed by atoms with Crippen LogP contribution in [0.25, 0.3) is 11.1 Å². The number of hydrogen-bond donors (Lipinski definition) is 1. The number of fused-ring (bicyclic) bond motifs is 1. The number of oxazole rings is 1. The summed E-state index contributed by atoms with van der Waals surface area (Å²) in [6.07, 6.45) is 0.669. The molecule has 3 rings (SSSR count). The fourth-order valence-corrected chi connectivity index (χ4v) is 3.55. The molecule has 0 atom stereocenters. The first-order valence-electron chi connectivity index (χ1n) is 8.27. The summed E-state index contributed by atoms with van der Waals surface area (Å²) in [5, 5.41) is 0. The Kier molecular flexibility index (Phi) is 5.31. The van der Waals surface area contributed by atoms with Crippen molar-refractivity contribution >= 4 is 32.8 Å². The van der Waals surface area contributed by atoms with E-state index in [2.05, 4.69) is 4.72 Å². The molecule has 27 heavy (non-hydrogen) atoms. The van der Waals surface area contributed by atoms with Crippen molar-refractivity contribution in [1.29, 1.82) is 0 Å². The molecule has 0 fully saturated rings. The van der Waals surface area contributed by atoms with Crippen molar-refractivity contribution < 1.29 is 22.4 Å². The summed E-state index contributed by atoms with van der Waals surface area (Å²) in [6, 6.07) is 12.4. The van der Waals surface area contributed by atoms with E-state index in [-0.39, 0.29) is 23.6 Å². The Hall–Kier alpha value is -3.07. The highest BCUT2D eigenvalue weighted by molar-refractivity contribution is 7.92. The average Bonchev–Trinajstić information content (AvgIpc) is 2.95. The lowest BCUT2D eigenvalue weighted by atomic mass is 10.3. The lowest BCUT2D eigenvalue weighted by molar-refractivity contribution is -0.144. The monoisotopic (exact) mass is 390 g/mol. The van der Waals surface area contributed by atoms with Crippen LogP contribution in [0.15, 0.2) is 62.6 Å². The number of carbonyl (C=O) groups excluding carboxylic acids is 1. The summed E-state index contributed by atoms with van der Waals surface area (Å²) in [6.45, 7) is 1.81. The molecule has 0 spiro atoms. The van der Waals surface area contributed by atoms with Gasteiger partial charge in [0.2, 0.25) is 0 Å². The molecule has 8 nitrogen and oxygen atoms in total. The Balaban J connectivity index is 1.90. The maximum atomic E-state index is 12.5. The molecule has 0 amide bonds. The number of benzene rings is 2. The van der Waals surface area contributed by atoms with Gasteiger partial charge >= 0.3 is 11.7 Å². The smallest absolute Gasteiger partial charge is 0.420 e. The quantitative estimate of drug-likeness (QED) is 0.621. The number of sulfonamides is 1. The van der Waals surface area contributed by atoms with Crippen LogP contribution in [0.4, 0.5) is 5.69 Å². The van der Waals surface area contributed by atoms with E-state index in [1.54, 1.807) is 30.3 Å². The van der Waals surface area contributed by atoms with E-state index in [4.69, 9.17) is 9.15 Å². The molecule has 3 aromatic rings. The zero-order valence-corrected chi connectivity index (χ0v) is 15.4. The van der Waals surface area contributed by atoms with E-state index in [0.717, 1.165) is 4.57 Å². The molecule has 2 aromatic carbocycles. The van der Waals surface area contributed by atoms with Gasteiger partial charge in [0.05, 0.1) is 17.0 Å². The van der Waals surface area contributed by atoms with E-state index < -0.39 is 21.7 Å². The molecule has 0 unspecified atom stereocenters. The highest BCUT2D eigenvalue weighted by atomic mass is 32.2. The Morgan fingerprint density at radius 1 is 1.19 bits per heavy atom. The van der Waals surface area contributed by atoms with E-state index in [1.165, 1.54) is 18.2 Å². The average molecular weight is 390 g/mol. The lowest BCUT2D eigenvalue weighted by Crippen LogP contribution is -2.21. The number of ether oxygens (including phenoxy) is 1. The van der Waals surface area contributed by atoms with Crippen LogP contribution in [0.5, 0.6) is 0 Å². The van der Waals surface area contributed by atoms with Gasteiger partial charge in [0.15, 0.2) is 5.58 Å². The van der Waals surface area contributed by atoms with Gasteiger partial charge in [0.1, 0.15) is 6.54 Å². The van der Waals surface area contributed by atoms with E-state index in [1.807, 2.05) is 6.92 Å². The Morgan fingerprint density at radius 3 is 2.63 bits per heavy atom. The van der Waals surface area contributed by atoms with Crippen LogP contribution in [0.3, 0.4) is 0 Å². The molecule has 0 aliphatic carbocycles. The molecule has 0 aliphatic rings. The summed E-state index contributed by atoms with van der Waals surface area (Å²) in [5.74, 6) is -1.33. The van der Waals surface area contributed by atoms with E-state index >= 15 is 0 Å². The van der Waals surface area contributed by atoms with Gasteiger partial charge in [-0.05, 0) is 30.7 Å². The minimum Gasteiger partial charge on any atom is -0.464 e. The molecular weight excluding hydrogens is 372 g/mol. The molecule has 0 aliphatic heterocycles. The zero-order valence-electron chi connectivity index (χ0n) is 14.5. The van der Waals surface area contributed by atoms with Crippen molar-refractivity contribution in [1.82, 2.24) is 4.57 Å². The highest BCUT2D eigenvalue weighted by Crippen LogP contribution is 2.21. The van der Waals surface area contributed by atoms with E-state index in [0.29, 0.717) is 17.6 Å². The fraction of sp³-hybridized carbons (Fsp3) is 0.222. The maximum absolute atomic E-state index is 12.5. The number of esters is 1. The van der Waals surface area contributed by atoms with Crippen LogP contribution < -0.4 is 10.5 Å². The topological polar surface area (TPSA) is 108 Å². The third-order valence-electron chi connectivity index (χ3n) is 3.73. The minimum atomic E-state index is -3.86. The second-order valence-corrected chi connectivity index (χ2v) is 7.46. The van der Waals surface area contributed by atoms with Gasteiger partial charge in [-0.15, -0.1) is 0 Å². The van der Waals surface area contributed by atoms with Gasteiger partial charge in [-0.2, -0.15) is 0 Å². The number of nitrogens with zero attached hydrogens (tertiary/aromatic N) is 1. The van der Waals surface area contributed by atoms with Gasteiger partial charge in [-0.1, -0.05) is 25.1 Å². The Labute approximate surface area is 155 Å². The van der Waals surface area contributed by atoms with Gasteiger partial charge in [-0.3, -0.25) is 14.1 Å². The van der Waals surface area contributed by atoms with Gasteiger partial charge in [-0.25, -0.2) is 13.2 Å². The Bertz CT molecular complexity index is 1120. The van der Waals surface area contributed by atoms with Crippen LogP contribution in [0.1, 0.15) is 13.3 Å². The molecule has 9 heteroatoms. The SMILES string of the molecule is CCCOC(=O)Cn1c(=O)oc2cc(S(=O)(=O)Nc3ccccc3)ccc21. The lowest BCUT2D eigenvalue weighted by Gasteiger charge is -2.08. The molecule has 0 bridgehead atoms. The molecule has 0 radical (unpaired) electrons. The minimum absolute atomic E-state index is 0.0617. The van der Waals surface area contributed by atoms with Crippen molar-refractivity contribution in [2.45, 2.75) is 24.8 Å². The van der Waals surface area contributed by atoms with E-state index in [9.17, 15) is 18.0 Å². The predicted octanol–water partition coefficient (Wildman–Crippen LogP) is 2.35. The first-order chi connectivity index (χ1) is 12.9. The molecule has 0 saturated heterocycles. The largest absolute Gasteiger partial charge is 0.464 e. The number of aromatic nitrogens is 1. The molecule has 1 heterocycles. The van der Waals surface area contributed by atoms with Crippen LogP contribution in [-0.2, 0) is 26.1 Å². The molecule has 0 saturated carbocycles. The van der Waals surface area contributed by atoms with Crippen LogP contribution in [0, 0.1) is 0 Å². The summed E-state index contributed by atoms with van der Waals surface area (Å²) < 4.78 is 38.7. The molecule has 1 aromatic heterocycles. The number of carbonyl (C=O) groups is 1. The van der Waals surface area contributed by atoms with Crippen molar-refractivity contribution in [3.63, 3.8) is 0 Å². The summed E-state index contributed by atoms with van der Waals surface area (Å²) in [5.41, 5.74) is 0.793. The first-order valence-corrected chi connectivity index (χ1v) is 9.76. The number of hydrogen-bond acceptors (Lipinski definition) is 6. The number of rotatable bonds is 7. The van der Waals surface area contributed by atoms with Crippen LogP contribution >= 0.6 is 0 Å². The van der Waals surface area contributed by atoms with Gasteiger partial charge in [0, 0.05) is 11.8 Å². The summed E-state index contributed by atoms with van der Waals surface area (Å²) in [7, 11) is -3.86. The van der Waals surface area contributed by atoms with Crippen molar-refractivity contribution in [2.24, 2.45) is 0 Å². The van der Waals surface area contributed by atoms with Crippen LogP contribution in [0.2, 0.25) is 0 Å². The predicted molar refractivity (Wildman–Crippen MR) is 99.0 cm³/mol. The standard InChI is InChI=1S/C18H18N2O6S/c1-2-10-25-17(21)12-20-15-9-8-14(11-16(15)26-18(20)22)27(23,24)19-13-6-4-3-5-7-13/h3-9,11,19H,2,10,12H2,1H3. The summed E-state index contributed by atoms with van der Waals surface area (Å²) >= 11 is 0. The number of para-hydroxylation sites is 1. The molecular formula is C18H18N2O6S. The number of anilines is 1. The van der Waals surface area contributed by atoms with Crippen molar-refractivity contribution in [2.75, 3.05) is 11.3 Å². The third kappa shape index (κ3) is 4.20. The fourth-order valence-electron chi connectivity index (χ4n) is 2.47. The second kappa shape index (κ2) is 7.67. The Morgan fingerprint density at radius 2 is 1.93 bits per heavy atom. The molecule has 1 N–H and O–H groups in total. The van der Waals surface area contributed by atoms with Crippen molar-refractivity contribution in [3.05, 3.63) is 59.1 Å². The number of nitrogens with one attached hydrogen (secondary N) is 1. The van der Waals surface area contributed by atoms with Gasteiger partial charge < -0.3 is 9.15 Å².